The van der Waals surface area contributed by atoms with E-state index in [4.69, 9.17) is 4.42 Å². The third kappa shape index (κ3) is 6.38. The van der Waals surface area contributed by atoms with E-state index in [1.807, 2.05) is 0 Å². The molecule has 0 bridgehead atoms. The number of hydrogen-bond donors (Lipinski definition) is 0. The Balaban J connectivity index is 1.40. The Kier molecular flexibility index (Phi) is 8.82. The maximum absolute atomic E-state index is 11.5. The van der Waals surface area contributed by atoms with Gasteiger partial charge in [-0.3, -0.25) is 0 Å². The van der Waals surface area contributed by atoms with Gasteiger partial charge in [-0.15, -0.1) is 0 Å². The molecular formula is C59H57N3O. The minimum absolute atomic E-state index is 0.0364. The fourth-order valence-electron chi connectivity index (χ4n) is 9.68. The highest BCUT2D eigenvalue weighted by molar-refractivity contribution is 6.20. The Morgan fingerprint density at radius 3 is 1.27 bits per heavy atom. The summed E-state index contributed by atoms with van der Waals surface area (Å²) in [5.74, 6) is 0. The monoisotopic (exact) mass is 823 g/mol. The number of fused-ring (bicyclic) bond motifs is 9. The summed E-state index contributed by atoms with van der Waals surface area (Å²) in [4.78, 5) is 0. The van der Waals surface area contributed by atoms with E-state index in [0.717, 1.165) is 71.7 Å². The number of rotatable bonds is 3. The molecule has 10 rings (SSSR count). The number of nitriles is 1. The standard InChI is InChI=1S/C59H57N3O/c1-56(2,3)37-21-25-47-43(30-37)44-31-38(57(4,5)6)22-26-48(44)61(47)51-29-36(34-60)53(55-52(51)42-20-16-19-41(54(42)63-55)35-17-14-13-15-18-35)62-49-27-23-39(58(7,8)9)32-45(49)46-33-40(59(10,11)12)24-28-50(46)62/h13-33H,1-12H3. The van der Waals surface area contributed by atoms with Gasteiger partial charge in [-0.05, 0) is 104 Å². The molecule has 4 nitrogen and oxygen atoms in total. The molecule has 0 atom stereocenters. The molecule has 0 spiro atoms. The number of furan rings is 1. The Morgan fingerprint density at radius 1 is 0.429 bits per heavy atom. The van der Waals surface area contributed by atoms with Crippen LogP contribution < -0.4 is 0 Å². The molecule has 10 aromatic rings. The highest BCUT2D eigenvalue weighted by Gasteiger charge is 2.29. The van der Waals surface area contributed by atoms with Gasteiger partial charge in [0.1, 0.15) is 17.3 Å². The van der Waals surface area contributed by atoms with Crippen LogP contribution in [0.4, 0.5) is 0 Å². The predicted octanol–water partition coefficient (Wildman–Crippen LogP) is 16.5. The van der Waals surface area contributed by atoms with Crippen molar-refractivity contribution in [2.45, 2.75) is 105 Å². The van der Waals surface area contributed by atoms with Crippen LogP contribution in [0.2, 0.25) is 0 Å². The Bertz CT molecular complexity index is 3390. The third-order valence-electron chi connectivity index (χ3n) is 13.4. The summed E-state index contributed by atoms with van der Waals surface area (Å²) in [5, 5.41) is 18.2. The molecule has 0 fully saturated rings. The lowest BCUT2D eigenvalue weighted by atomic mass is 9.85. The van der Waals surface area contributed by atoms with Crippen molar-refractivity contribution in [1.82, 2.24) is 9.13 Å². The second-order valence-electron chi connectivity index (χ2n) is 21.9. The number of benzene rings is 7. The van der Waals surface area contributed by atoms with E-state index in [0.29, 0.717) is 11.1 Å². The lowest BCUT2D eigenvalue weighted by Crippen LogP contribution is -2.10. The number of hydrogen-bond acceptors (Lipinski definition) is 2. The summed E-state index contributed by atoms with van der Waals surface area (Å²) in [7, 11) is 0. The molecule has 0 saturated carbocycles. The molecule has 63 heavy (non-hydrogen) atoms. The van der Waals surface area contributed by atoms with E-state index in [2.05, 4.69) is 226 Å². The van der Waals surface area contributed by atoms with Gasteiger partial charge >= 0.3 is 0 Å². The second kappa shape index (κ2) is 13.7. The number of nitrogens with zero attached hydrogens (tertiary/aromatic N) is 3. The smallest absolute Gasteiger partial charge is 0.162 e. The van der Waals surface area contributed by atoms with Crippen LogP contribution in [0.5, 0.6) is 0 Å². The number of aromatic nitrogens is 2. The van der Waals surface area contributed by atoms with Crippen molar-refractivity contribution in [3.8, 4) is 28.6 Å². The highest BCUT2D eigenvalue weighted by atomic mass is 16.3. The van der Waals surface area contributed by atoms with Crippen LogP contribution in [-0.4, -0.2) is 9.13 Å². The van der Waals surface area contributed by atoms with Gasteiger partial charge < -0.3 is 13.6 Å². The van der Waals surface area contributed by atoms with Gasteiger partial charge in [-0.1, -0.05) is 156 Å². The summed E-state index contributed by atoms with van der Waals surface area (Å²) >= 11 is 0. The molecule has 0 N–H and O–H groups in total. The van der Waals surface area contributed by atoms with Crippen LogP contribution in [0.3, 0.4) is 0 Å². The molecule has 314 valence electrons. The average Bonchev–Trinajstić information content (AvgIpc) is 3.89. The molecule has 0 aliphatic carbocycles. The van der Waals surface area contributed by atoms with Crippen molar-refractivity contribution >= 4 is 65.6 Å². The van der Waals surface area contributed by atoms with E-state index in [9.17, 15) is 5.26 Å². The SMILES string of the molecule is CC(C)(C)c1ccc2c(c1)c1cc(C(C)(C)C)ccc1n2-c1c(C#N)cc(-n2c3ccc(C(C)(C)C)cc3c3cc(C(C)(C)C)ccc32)c2c1oc1c(-c3ccccc3)cccc12. The quantitative estimate of drug-likeness (QED) is 0.178. The van der Waals surface area contributed by atoms with Crippen molar-refractivity contribution in [2.24, 2.45) is 0 Å². The summed E-state index contributed by atoms with van der Waals surface area (Å²) in [6.07, 6.45) is 0. The molecule has 0 aliphatic rings. The van der Waals surface area contributed by atoms with Crippen molar-refractivity contribution in [3.63, 3.8) is 0 Å². The molecular weight excluding hydrogens is 767 g/mol. The maximum atomic E-state index is 11.5. The average molecular weight is 824 g/mol. The topological polar surface area (TPSA) is 46.8 Å². The van der Waals surface area contributed by atoms with Crippen LogP contribution in [0.25, 0.3) is 88.1 Å². The van der Waals surface area contributed by atoms with E-state index < -0.39 is 0 Å². The summed E-state index contributed by atoms with van der Waals surface area (Å²) in [6, 6.07) is 49.4. The molecule has 0 unspecified atom stereocenters. The first kappa shape index (κ1) is 40.5. The largest absolute Gasteiger partial charge is 0.453 e. The first-order valence-corrected chi connectivity index (χ1v) is 22.4. The highest BCUT2D eigenvalue weighted by Crippen LogP contribution is 2.48. The third-order valence-corrected chi connectivity index (χ3v) is 13.4. The molecule has 0 radical (unpaired) electrons. The first-order valence-electron chi connectivity index (χ1n) is 22.4. The first-order chi connectivity index (χ1) is 29.7. The van der Waals surface area contributed by atoms with Gasteiger partial charge in [-0.2, -0.15) is 5.26 Å². The second-order valence-corrected chi connectivity index (χ2v) is 21.9. The molecule has 4 heteroatoms. The number of para-hydroxylation sites is 1. The van der Waals surface area contributed by atoms with Crippen molar-refractivity contribution in [3.05, 3.63) is 155 Å². The minimum atomic E-state index is -0.0485. The maximum Gasteiger partial charge on any atom is 0.162 e. The van der Waals surface area contributed by atoms with Crippen LogP contribution >= 0.6 is 0 Å². The van der Waals surface area contributed by atoms with E-state index >= 15 is 0 Å². The van der Waals surface area contributed by atoms with Gasteiger partial charge in [0.05, 0.1) is 38.7 Å². The van der Waals surface area contributed by atoms with Gasteiger partial charge in [0, 0.05) is 32.5 Å². The summed E-state index contributed by atoms with van der Waals surface area (Å²) in [5.41, 5.74) is 15.0. The molecule has 0 aliphatic heterocycles. The molecule has 3 heterocycles. The summed E-state index contributed by atoms with van der Waals surface area (Å²) < 4.78 is 12.1. The van der Waals surface area contributed by atoms with E-state index in [-0.39, 0.29) is 21.7 Å². The Labute approximate surface area is 371 Å². The Morgan fingerprint density at radius 2 is 0.857 bits per heavy atom. The molecule has 0 saturated heterocycles. The lowest BCUT2D eigenvalue weighted by molar-refractivity contribution is 0.590. The molecule has 0 amide bonds. The van der Waals surface area contributed by atoms with Crippen molar-refractivity contribution < 1.29 is 4.42 Å². The molecule has 7 aromatic carbocycles. The minimum Gasteiger partial charge on any atom is -0.453 e. The zero-order valence-corrected chi connectivity index (χ0v) is 38.9. The predicted molar refractivity (Wildman–Crippen MR) is 267 cm³/mol. The van der Waals surface area contributed by atoms with Crippen molar-refractivity contribution in [2.75, 3.05) is 0 Å². The molecule has 3 aromatic heterocycles. The fourth-order valence-corrected chi connectivity index (χ4v) is 9.68. The van der Waals surface area contributed by atoms with Gasteiger partial charge in [0.2, 0.25) is 0 Å². The van der Waals surface area contributed by atoms with E-state index in [1.54, 1.807) is 0 Å². The normalized spacial score (nSPS) is 13.1. The Hall–Kier alpha value is -6.57. The van der Waals surface area contributed by atoms with Gasteiger partial charge in [0.25, 0.3) is 0 Å². The van der Waals surface area contributed by atoms with Crippen LogP contribution in [-0.2, 0) is 21.7 Å². The van der Waals surface area contributed by atoms with Crippen molar-refractivity contribution in [1.29, 1.82) is 5.26 Å². The van der Waals surface area contributed by atoms with Gasteiger partial charge in [0.15, 0.2) is 5.58 Å². The zero-order valence-electron chi connectivity index (χ0n) is 38.9. The summed E-state index contributed by atoms with van der Waals surface area (Å²) in [6.45, 7) is 27.3. The van der Waals surface area contributed by atoms with Crippen LogP contribution in [0.15, 0.2) is 132 Å². The fraction of sp³-hybridized carbons (Fsp3) is 0.271. The zero-order chi connectivity index (χ0) is 44.5. The van der Waals surface area contributed by atoms with Gasteiger partial charge in [-0.25, -0.2) is 0 Å². The lowest BCUT2D eigenvalue weighted by Gasteiger charge is -2.20. The van der Waals surface area contributed by atoms with E-state index in [1.165, 1.54) is 33.0 Å². The van der Waals surface area contributed by atoms with Crippen LogP contribution in [0.1, 0.15) is 111 Å². The van der Waals surface area contributed by atoms with Crippen LogP contribution in [0, 0.1) is 11.3 Å².